The minimum Gasteiger partial charge on any atom is -0.465 e. The molecule has 2 amide bonds. The molecule has 1 aliphatic rings. The van der Waals surface area contributed by atoms with E-state index in [0.29, 0.717) is 23.6 Å². The maximum atomic E-state index is 12.3. The van der Waals surface area contributed by atoms with Crippen molar-refractivity contribution in [1.82, 2.24) is 4.90 Å². The Morgan fingerprint density at radius 1 is 1.09 bits per heavy atom. The van der Waals surface area contributed by atoms with E-state index in [0.717, 1.165) is 17.3 Å². The van der Waals surface area contributed by atoms with Gasteiger partial charge in [-0.15, -0.1) is 0 Å². The van der Waals surface area contributed by atoms with E-state index in [4.69, 9.17) is 4.42 Å². The summed E-state index contributed by atoms with van der Waals surface area (Å²) in [5, 5.41) is -0.219. The number of amides is 2. The molecule has 0 bridgehead atoms. The molecule has 3 rings (SSSR count). The highest BCUT2D eigenvalue weighted by molar-refractivity contribution is 8.18. The summed E-state index contributed by atoms with van der Waals surface area (Å²) in [6.07, 6.45) is 7.35. The first-order chi connectivity index (χ1) is 11.2. The van der Waals surface area contributed by atoms with Crippen LogP contribution in [0.15, 0.2) is 70.2 Å². The Kier molecular flexibility index (Phi) is 4.78. The molecule has 0 spiro atoms. The van der Waals surface area contributed by atoms with Crippen LogP contribution in [0.3, 0.4) is 0 Å². The number of benzene rings is 1. The molecule has 4 nitrogen and oxygen atoms in total. The van der Waals surface area contributed by atoms with E-state index in [9.17, 15) is 9.59 Å². The van der Waals surface area contributed by atoms with E-state index in [2.05, 4.69) is 0 Å². The van der Waals surface area contributed by atoms with E-state index < -0.39 is 0 Å². The third-order valence-electron chi connectivity index (χ3n) is 3.39. The second-order valence-electron chi connectivity index (χ2n) is 4.97. The molecule has 1 aliphatic heterocycles. The van der Waals surface area contributed by atoms with Gasteiger partial charge < -0.3 is 4.42 Å². The highest BCUT2D eigenvalue weighted by Crippen LogP contribution is 2.30. The zero-order chi connectivity index (χ0) is 16.1. The molecule has 1 aromatic heterocycles. The van der Waals surface area contributed by atoms with Gasteiger partial charge in [-0.2, -0.15) is 0 Å². The molecule has 0 unspecified atom stereocenters. The fourth-order valence-corrected chi connectivity index (χ4v) is 3.03. The predicted octanol–water partition coefficient (Wildman–Crippen LogP) is 4.11. The summed E-state index contributed by atoms with van der Waals surface area (Å²) in [6.45, 7) is 0.397. The lowest BCUT2D eigenvalue weighted by atomic mass is 10.1. The van der Waals surface area contributed by atoms with Crippen LogP contribution < -0.4 is 0 Å². The zero-order valence-corrected chi connectivity index (χ0v) is 13.2. The normalized spacial score (nSPS) is 16.9. The van der Waals surface area contributed by atoms with Crippen LogP contribution in [-0.4, -0.2) is 22.6 Å². The highest BCUT2D eigenvalue weighted by Gasteiger charge is 2.34. The van der Waals surface area contributed by atoms with Crippen molar-refractivity contribution in [3.05, 3.63) is 77.1 Å². The van der Waals surface area contributed by atoms with Crippen molar-refractivity contribution < 1.29 is 14.0 Å². The van der Waals surface area contributed by atoms with Crippen molar-refractivity contribution in [2.24, 2.45) is 0 Å². The number of rotatable bonds is 5. The molecule has 2 heterocycles. The fraction of sp³-hybridized carbons (Fsp3) is 0.111. The van der Waals surface area contributed by atoms with E-state index in [1.807, 2.05) is 36.4 Å². The van der Waals surface area contributed by atoms with Gasteiger partial charge in [0.1, 0.15) is 5.76 Å². The van der Waals surface area contributed by atoms with E-state index in [1.54, 1.807) is 30.6 Å². The summed E-state index contributed by atoms with van der Waals surface area (Å²) in [6, 6.07) is 13.4. The summed E-state index contributed by atoms with van der Waals surface area (Å²) < 4.78 is 5.17. The molecular weight excluding hydrogens is 310 g/mol. The van der Waals surface area contributed by atoms with Crippen LogP contribution in [0.5, 0.6) is 0 Å². The lowest BCUT2D eigenvalue weighted by Crippen LogP contribution is -2.30. The van der Waals surface area contributed by atoms with E-state index in [-0.39, 0.29) is 11.1 Å². The third kappa shape index (κ3) is 3.81. The van der Waals surface area contributed by atoms with Gasteiger partial charge in [0.2, 0.25) is 0 Å². The summed E-state index contributed by atoms with van der Waals surface area (Å²) in [5.41, 5.74) is 1.10. The van der Waals surface area contributed by atoms with Gasteiger partial charge >= 0.3 is 0 Å². The summed E-state index contributed by atoms with van der Waals surface area (Å²) >= 11 is 0.971. The molecule has 1 aromatic carbocycles. The fourth-order valence-electron chi connectivity index (χ4n) is 2.21. The average molecular weight is 325 g/mol. The van der Waals surface area contributed by atoms with E-state index >= 15 is 0 Å². The van der Waals surface area contributed by atoms with Crippen LogP contribution >= 0.6 is 11.8 Å². The van der Waals surface area contributed by atoms with Crippen molar-refractivity contribution in [2.75, 3.05) is 6.54 Å². The Morgan fingerprint density at radius 2 is 1.91 bits per heavy atom. The lowest BCUT2D eigenvalue weighted by molar-refractivity contribution is -0.122. The topological polar surface area (TPSA) is 50.5 Å². The first kappa shape index (κ1) is 15.4. The van der Waals surface area contributed by atoms with Crippen molar-refractivity contribution in [3.8, 4) is 0 Å². The highest BCUT2D eigenvalue weighted by atomic mass is 32.2. The van der Waals surface area contributed by atoms with Gasteiger partial charge in [-0.3, -0.25) is 14.5 Å². The molecule has 0 N–H and O–H groups in total. The first-order valence-corrected chi connectivity index (χ1v) is 8.05. The monoisotopic (exact) mass is 325 g/mol. The van der Waals surface area contributed by atoms with Gasteiger partial charge in [-0.05, 0) is 48.0 Å². The Morgan fingerprint density at radius 3 is 2.65 bits per heavy atom. The van der Waals surface area contributed by atoms with Crippen molar-refractivity contribution in [1.29, 1.82) is 0 Å². The molecule has 23 heavy (non-hydrogen) atoms. The molecule has 1 saturated heterocycles. The molecular formula is C18H15NO3S. The Balaban J connectivity index is 1.63. The van der Waals surface area contributed by atoms with Crippen LogP contribution in [-0.2, 0) is 11.2 Å². The Hall–Kier alpha value is -2.53. The van der Waals surface area contributed by atoms with Gasteiger partial charge in [0, 0.05) is 6.54 Å². The minimum absolute atomic E-state index is 0.219. The summed E-state index contributed by atoms with van der Waals surface area (Å²) in [4.78, 5) is 26.0. The minimum atomic E-state index is -0.236. The summed E-state index contributed by atoms with van der Waals surface area (Å²) in [7, 11) is 0. The number of imide groups is 1. The van der Waals surface area contributed by atoms with Gasteiger partial charge in [0.05, 0.1) is 11.2 Å². The Labute approximate surface area is 138 Å². The van der Waals surface area contributed by atoms with Crippen LogP contribution in [0.4, 0.5) is 4.79 Å². The van der Waals surface area contributed by atoms with Crippen molar-refractivity contribution in [2.45, 2.75) is 6.42 Å². The largest absolute Gasteiger partial charge is 0.465 e. The number of hydrogen-bond donors (Lipinski definition) is 0. The third-order valence-corrected chi connectivity index (χ3v) is 4.32. The molecule has 0 atom stereocenters. The Bertz CT molecular complexity index is 748. The summed E-state index contributed by atoms with van der Waals surface area (Å²) in [5.74, 6) is 0.463. The molecule has 116 valence electrons. The molecule has 5 heteroatoms. The van der Waals surface area contributed by atoms with Gasteiger partial charge in [0.25, 0.3) is 11.1 Å². The maximum absolute atomic E-state index is 12.3. The number of nitrogens with zero attached hydrogens (tertiary/aromatic N) is 1. The number of furan rings is 1. The maximum Gasteiger partial charge on any atom is 0.293 e. The zero-order valence-electron chi connectivity index (χ0n) is 12.3. The second kappa shape index (κ2) is 7.15. The number of hydrogen-bond acceptors (Lipinski definition) is 4. The van der Waals surface area contributed by atoms with Crippen molar-refractivity contribution >= 4 is 29.0 Å². The van der Waals surface area contributed by atoms with Crippen LogP contribution in [0.1, 0.15) is 11.3 Å². The number of carbonyl (C=O) groups is 2. The predicted molar refractivity (Wildman–Crippen MR) is 90.7 cm³/mol. The smallest absolute Gasteiger partial charge is 0.293 e. The average Bonchev–Trinajstić information content (AvgIpc) is 3.16. The lowest BCUT2D eigenvalue weighted by Gasteiger charge is -2.11. The number of thioether (sulfide) groups is 1. The molecule has 0 radical (unpaired) electrons. The standard InChI is InChI=1S/C18H15NO3S/c20-17-16(10-4-8-15-9-5-13-22-15)23-18(21)19(17)12-11-14-6-2-1-3-7-14/h1-10,13H,11-12H2/b8-4+,16-10-. The first-order valence-electron chi connectivity index (χ1n) is 7.23. The molecule has 0 saturated carbocycles. The second-order valence-corrected chi connectivity index (χ2v) is 5.96. The van der Waals surface area contributed by atoms with Crippen LogP contribution in [0, 0.1) is 0 Å². The quantitative estimate of drug-likeness (QED) is 0.776. The van der Waals surface area contributed by atoms with E-state index in [1.165, 1.54) is 4.90 Å². The number of allylic oxidation sites excluding steroid dienone is 2. The molecule has 1 fully saturated rings. The molecule has 0 aliphatic carbocycles. The number of carbonyl (C=O) groups excluding carboxylic acids is 2. The van der Waals surface area contributed by atoms with Gasteiger partial charge in [0.15, 0.2) is 0 Å². The van der Waals surface area contributed by atoms with Crippen LogP contribution in [0.25, 0.3) is 6.08 Å². The van der Waals surface area contributed by atoms with Gasteiger partial charge in [-0.25, -0.2) is 0 Å². The SMILES string of the molecule is O=C1S/C(=C\C=C\c2ccco2)C(=O)N1CCc1ccccc1. The van der Waals surface area contributed by atoms with Gasteiger partial charge in [-0.1, -0.05) is 36.4 Å². The van der Waals surface area contributed by atoms with Crippen molar-refractivity contribution in [3.63, 3.8) is 0 Å². The molecule has 2 aromatic rings. The van der Waals surface area contributed by atoms with Crippen LogP contribution in [0.2, 0.25) is 0 Å².